The van der Waals surface area contributed by atoms with E-state index in [1.807, 2.05) is 6.07 Å². The van der Waals surface area contributed by atoms with Crippen molar-refractivity contribution < 1.29 is 9.59 Å². The van der Waals surface area contributed by atoms with Crippen molar-refractivity contribution in [2.75, 3.05) is 0 Å². The molecule has 0 bridgehead atoms. The zero-order chi connectivity index (χ0) is 14.0. The maximum atomic E-state index is 12.1. The van der Waals surface area contributed by atoms with Crippen LogP contribution in [0.3, 0.4) is 0 Å². The molecule has 0 saturated carbocycles. The minimum atomic E-state index is -0.148. The topological polar surface area (TPSA) is 46.2 Å². The van der Waals surface area contributed by atoms with Gasteiger partial charge in [0.05, 0.1) is 0 Å². The summed E-state index contributed by atoms with van der Waals surface area (Å²) >= 11 is 0. The zero-order valence-electron chi connectivity index (χ0n) is 11.8. The highest BCUT2D eigenvalue weighted by Crippen LogP contribution is 2.37. The standard InChI is InChI=1S/C16H21NO2/c1-4-6-12-13(9-14(18)17-16(12)19)15-10(2)7-5-8-11(15)3/h5,7-8,12-13H,4,6,9H2,1-3H3,(H,17,18,19). The van der Waals surface area contributed by atoms with Gasteiger partial charge in [-0.15, -0.1) is 0 Å². The molecule has 1 saturated heterocycles. The molecule has 2 unspecified atom stereocenters. The molecule has 2 amide bonds. The predicted molar refractivity (Wildman–Crippen MR) is 74.8 cm³/mol. The lowest BCUT2D eigenvalue weighted by Gasteiger charge is -2.32. The first kappa shape index (κ1) is 13.8. The van der Waals surface area contributed by atoms with Gasteiger partial charge >= 0.3 is 0 Å². The molecule has 1 aliphatic rings. The highest BCUT2D eigenvalue weighted by molar-refractivity contribution is 6.00. The molecule has 1 aromatic rings. The highest BCUT2D eigenvalue weighted by atomic mass is 16.2. The van der Waals surface area contributed by atoms with Crippen LogP contribution in [-0.2, 0) is 9.59 Å². The zero-order valence-corrected chi connectivity index (χ0v) is 11.8. The Morgan fingerprint density at radius 3 is 2.42 bits per heavy atom. The molecular formula is C16H21NO2. The third-order valence-corrected chi connectivity index (χ3v) is 4.00. The summed E-state index contributed by atoms with van der Waals surface area (Å²) in [6.07, 6.45) is 2.20. The van der Waals surface area contributed by atoms with Crippen molar-refractivity contribution in [1.82, 2.24) is 5.32 Å². The number of nitrogens with one attached hydrogen (secondary N) is 1. The van der Waals surface area contributed by atoms with Crippen LogP contribution in [0, 0.1) is 19.8 Å². The first-order chi connectivity index (χ1) is 9.04. The summed E-state index contributed by atoms with van der Waals surface area (Å²) in [6.45, 7) is 6.19. The van der Waals surface area contributed by atoms with Crippen LogP contribution in [0.2, 0.25) is 0 Å². The van der Waals surface area contributed by atoms with E-state index in [-0.39, 0.29) is 23.7 Å². The lowest BCUT2D eigenvalue weighted by atomic mass is 9.75. The van der Waals surface area contributed by atoms with E-state index in [0.717, 1.165) is 12.8 Å². The molecule has 1 heterocycles. The Balaban J connectivity index is 2.43. The number of amides is 2. The number of aryl methyl sites for hydroxylation is 2. The number of piperidine rings is 1. The lowest BCUT2D eigenvalue weighted by molar-refractivity contribution is -0.137. The van der Waals surface area contributed by atoms with E-state index < -0.39 is 0 Å². The van der Waals surface area contributed by atoms with Crippen molar-refractivity contribution >= 4 is 11.8 Å². The van der Waals surface area contributed by atoms with Crippen LogP contribution in [-0.4, -0.2) is 11.8 Å². The summed E-state index contributed by atoms with van der Waals surface area (Å²) in [5.74, 6) is -0.305. The van der Waals surface area contributed by atoms with Crippen LogP contribution in [0.25, 0.3) is 0 Å². The summed E-state index contributed by atoms with van der Waals surface area (Å²) in [4.78, 5) is 23.8. The average molecular weight is 259 g/mol. The van der Waals surface area contributed by atoms with Crippen LogP contribution in [0.4, 0.5) is 0 Å². The van der Waals surface area contributed by atoms with Crippen LogP contribution in [0.1, 0.15) is 48.8 Å². The Hall–Kier alpha value is -1.64. The molecule has 0 spiro atoms. The van der Waals surface area contributed by atoms with Crippen molar-refractivity contribution in [3.8, 4) is 0 Å². The fourth-order valence-corrected chi connectivity index (χ4v) is 3.16. The number of carbonyl (C=O) groups excluding carboxylic acids is 2. The molecule has 102 valence electrons. The second-order valence-electron chi connectivity index (χ2n) is 5.42. The molecule has 1 aromatic carbocycles. The first-order valence-corrected chi connectivity index (χ1v) is 6.94. The van der Waals surface area contributed by atoms with Crippen LogP contribution >= 0.6 is 0 Å². The molecule has 1 N–H and O–H groups in total. The number of benzene rings is 1. The molecule has 19 heavy (non-hydrogen) atoms. The van der Waals surface area contributed by atoms with E-state index >= 15 is 0 Å². The van der Waals surface area contributed by atoms with Crippen molar-refractivity contribution in [2.24, 2.45) is 5.92 Å². The van der Waals surface area contributed by atoms with Crippen molar-refractivity contribution in [3.63, 3.8) is 0 Å². The second kappa shape index (κ2) is 5.55. The molecule has 0 radical (unpaired) electrons. The third-order valence-electron chi connectivity index (χ3n) is 4.00. The summed E-state index contributed by atoms with van der Waals surface area (Å²) in [7, 11) is 0. The largest absolute Gasteiger partial charge is 0.296 e. The van der Waals surface area contributed by atoms with Gasteiger partial charge in [0.1, 0.15) is 0 Å². The van der Waals surface area contributed by atoms with Gasteiger partial charge in [-0.05, 0) is 37.0 Å². The Bertz CT molecular complexity index is 487. The fraction of sp³-hybridized carbons (Fsp3) is 0.500. The van der Waals surface area contributed by atoms with Crippen LogP contribution in [0.15, 0.2) is 18.2 Å². The van der Waals surface area contributed by atoms with Gasteiger partial charge in [-0.2, -0.15) is 0 Å². The number of rotatable bonds is 3. The number of hydrogen-bond acceptors (Lipinski definition) is 2. The lowest BCUT2D eigenvalue weighted by Crippen LogP contribution is -2.45. The van der Waals surface area contributed by atoms with Gasteiger partial charge in [0.25, 0.3) is 0 Å². The molecule has 0 aromatic heterocycles. The van der Waals surface area contributed by atoms with E-state index in [1.54, 1.807) is 0 Å². The Morgan fingerprint density at radius 2 is 1.84 bits per heavy atom. The van der Waals surface area contributed by atoms with Crippen molar-refractivity contribution in [1.29, 1.82) is 0 Å². The quantitative estimate of drug-likeness (QED) is 0.848. The van der Waals surface area contributed by atoms with Gasteiger partial charge < -0.3 is 0 Å². The Kier molecular flexibility index (Phi) is 4.03. The molecule has 3 heteroatoms. The monoisotopic (exact) mass is 259 g/mol. The predicted octanol–water partition coefficient (Wildman–Crippen LogP) is 2.85. The van der Waals surface area contributed by atoms with E-state index in [4.69, 9.17) is 0 Å². The molecule has 2 rings (SSSR count). The summed E-state index contributed by atoms with van der Waals surface area (Å²) in [5.41, 5.74) is 3.53. The van der Waals surface area contributed by atoms with Crippen LogP contribution < -0.4 is 5.32 Å². The molecule has 0 aliphatic carbocycles. The number of hydrogen-bond donors (Lipinski definition) is 1. The van der Waals surface area contributed by atoms with Gasteiger partial charge in [0.15, 0.2) is 0 Å². The molecule has 3 nitrogen and oxygen atoms in total. The molecule has 2 atom stereocenters. The van der Waals surface area contributed by atoms with Gasteiger partial charge in [-0.3, -0.25) is 14.9 Å². The number of carbonyl (C=O) groups is 2. The molecule has 1 fully saturated rings. The van der Waals surface area contributed by atoms with Crippen molar-refractivity contribution in [2.45, 2.75) is 46.0 Å². The van der Waals surface area contributed by atoms with E-state index in [2.05, 4.69) is 38.2 Å². The fourth-order valence-electron chi connectivity index (χ4n) is 3.16. The minimum Gasteiger partial charge on any atom is -0.296 e. The molecular weight excluding hydrogens is 238 g/mol. The third kappa shape index (κ3) is 2.70. The first-order valence-electron chi connectivity index (χ1n) is 6.94. The maximum Gasteiger partial charge on any atom is 0.230 e. The molecule has 1 aliphatic heterocycles. The Morgan fingerprint density at radius 1 is 1.21 bits per heavy atom. The second-order valence-corrected chi connectivity index (χ2v) is 5.42. The van der Waals surface area contributed by atoms with Gasteiger partial charge in [0, 0.05) is 18.3 Å². The van der Waals surface area contributed by atoms with Crippen molar-refractivity contribution in [3.05, 3.63) is 34.9 Å². The highest BCUT2D eigenvalue weighted by Gasteiger charge is 2.37. The van der Waals surface area contributed by atoms with Gasteiger partial charge in [0.2, 0.25) is 11.8 Å². The Labute approximate surface area is 114 Å². The van der Waals surface area contributed by atoms with E-state index in [9.17, 15) is 9.59 Å². The average Bonchev–Trinajstić information content (AvgIpc) is 2.33. The summed E-state index contributed by atoms with van der Waals surface area (Å²) < 4.78 is 0. The maximum absolute atomic E-state index is 12.1. The van der Waals surface area contributed by atoms with Crippen LogP contribution in [0.5, 0.6) is 0 Å². The SMILES string of the molecule is CCCC1C(=O)NC(=O)CC1c1c(C)cccc1C. The van der Waals surface area contributed by atoms with Gasteiger partial charge in [-0.1, -0.05) is 31.5 Å². The summed E-state index contributed by atoms with van der Waals surface area (Å²) in [5, 5.41) is 2.47. The minimum absolute atomic E-state index is 0.0300. The summed E-state index contributed by atoms with van der Waals surface area (Å²) in [6, 6.07) is 6.14. The van der Waals surface area contributed by atoms with E-state index in [1.165, 1.54) is 16.7 Å². The smallest absolute Gasteiger partial charge is 0.230 e. The normalized spacial score (nSPS) is 23.3. The van der Waals surface area contributed by atoms with E-state index in [0.29, 0.717) is 6.42 Å². The number of imide groups is 1. The van der Waals surface area contributed by atoms with Gasteiger partial charge in [-0.25, -0.2) is 0 Å².